The van der Waals surface area contributed by atoms with Crippen molar-refractivity contribution < 1.29 is 13.6 Å². The zero-order valence-electron chi connectivity index (χ0n) is 15.6. The van der Waals surface area contributed by atoms with Crippen molar-refractivity contribution in [2.75, 3.05) is 36.8 Å². The van der Waals surface area contributed by atoms with Crippen molar-refractivity contribution in [3.05, 3.63) is 36.1 Å². The third kappa shape index (κ3) is 4.22. The van der Waals surface area contributed by atoms with Gasteiger partial charge in [0.2, 0.25) is 23.4 Å². The number of carbonyl (C=O) groups is 1. The predicted molar refractivity (Wildman–Crippen MR) is 103 cm³/mol. The van der Waals surface area contributed by atoms with Crippen LogP contribution in [0.25, 0.3) is 11.5 Å². The molecule has 1 aliphatic rings. The second-order valence-electron chi connectivity index (χ2n) is 6.27. The van der Waals surface area contributed by atoms with Crippen LogP contribution in [-0.2, 0) is 4.79 Å². The molecule has 0 bridgehead atoms. The first-order valence-corrected chi connectivity index (χ1v) is 9.89. The number of rotatable bonds is 5. The molecule has 0 radical (unpaired) electrons. The minimum Gasteiger partial charge on any atom is -0.424 e. The van der Waals surface area contributed by atoms with E-state index in [-0.39, 0.29) is 17.4 Å². The summed E-state index contributed by atoms with van der Waals surface area (Å²) in [5, 5.41) is 17.5. The summed E-state index contributed by atoms with van der Waals surface area (Å²) in [6, 6.07) is 5.66. The lowest BCUT2D eigenvalue weighted by atomic mass is 10.3. The van der Waals surface area contributed by atoms with Crippen molar-refractivity contribution in [3.8, 4) is 17.5 Å². The van der Waals surface area contributed by atoms with Crippen LogP contribution in [0.5, 0.6) is 0 Å². The number of nitriles is 1. The van der Waals surface area contributed by atoms with Crippen LogP contribution in [0.3, 0.4) is 0 Å². The van der Waals surface area contributed by atoms with Crippen molar-refractivity contribution in [2.45, 2.75) is 12.1 Å². The van der Waals surface area contributed by atoms with Crippen molar-refractivity contribution >= 4 is 23.6 Å². The molecule has 10 nitrogen and oxygen atoms in total. The molecule has 3 aromatic heterocycles. The molecule has 0 saturated carbocycles. The number of oxazole rings is 1. The average molecular weight is 411 g/mol. The van der Waals surface area contributed by atoms with Gasteiger partial charge in [0.25, 0.3) is 5.22 Å². The summed E-state index contributed by atoms with van der Waals surface area (Å²) < 4.78 is 11.1. The largest absolute Gasteiger partial charge is 0.424 e. The van der Waals surface area contributed by atoms with Gasteiger partial charge in [0.15, 0.2) is 5.89 Å². The number of hydrogen-bond acceptors (Lipinski definition) is 10. The Kier molecular flexibility index (Phi) is 5.44. The zero-order chi connectivity index (χ0) is 20.2. The number of piperazine rings is 1. The smallest absolute Gasteiger partial charge is 0.277 e. The lowest BCUT2D eigenvalue weighted by Crippen LogP contribution is -2.49. The van der Waals surface area contributed by atoms with E-state index >= 15 is 0 Å². The van der Waals surface area contributed by atoms with Gasteiger partial charge in [0.1, 0.15) is 6.07 Å². The molecule has 29 heavy (non-hydrogen) atoms. The molecule has 1 saturated heterocycles. The SMILES string of the molecule is Cc1nc(C#N)c(N2CCN(C(=O)CSc3nnc(-c4cccnc4)o3)CC2)o1. The quantitative estimate of drug-likeness (QED) is 0.573. The minimum absolute atomic E-state index is 0.00923. The first kappa shape index (κ1) is 18.9. The molecule has 148 valence electrons. The maximum atomic E-state index is 12.5. The van der Waals surface area contributed by atoms with E-state index in [4.69, 9.17) is 14.1 Å². The third-order valence-corrected chi connectivity index (χ3v) is 5.18. The van der Waals surface area contributed by atoms with Crippen LogP contribution in [0.2, 0.25) is 0 Å². The van der Waals surface area contributed by atoms with E-state index in [0.717, 1.165) is 5.56 Å². The maximum absolute atomic E-state index is 12.5. The van der Waals surface area contributed by atoms with Crippen LogP contribution < -0.4 is 4.90 Å². The van der Waals surface area contributed by atoms with E-state index in [1.165, 1.54) is 11.8 Å². The third-order valence-electron chi connectivity index (χ3n) is 4.38. The Bertz CT molecular complexity index is 1040. The highest BCUT2D eigenvalue weighted by molar-refractivity contribution is 7.99. The summed E-state index contributed by atoms with van der Waals surface area (Å²) in [6.45, 7) is 3.93. The van der Waals surface area contributed by atoms with E-state index in [0.29, 0.717) is 49.1 Å². The summed E-state index contributed by atoms with van der Waals surface area (Å²) in [7, 11) is 0. The Labute approximate surface area is 170 Å². The van der Waals surface area contributed by atoms with Gasteiger partial charge < -0.3 is 18.6 Å². The van der Waals surface area contributed by atoms with E-state index in [2.05, 4.69) is 20.2 Å². The monoisotopic (exact) mass is 411 g/mol. The molecule has 3 aromatic rings. The van der Waals surface area contributed by atoms with E-state index in [9.17, 15) is 4.79 Å². The normalized spacial score (nSPS) is 14.1. The fourth-order valence-corrected chi connectivity index (χ4v) is 3.62. The van der Waals surface area contributed by atoms with Crippen LogP contribution in [0, 0.1) is 18.3 Å². The average Bonchev–Trinajstić information content (AvgIpc) is 3.39. The molecule has 0 aliphatic carbocycles. The first-order chi connectivity index (χ1) is 14.1. The predicted octanol–water partition coefficient (Wildman–Crippen LogP) is 1.74. The lowest BCUT2D eigenvalue weighted by molar-refractivity contribution is -0.128. The second kappa shape index (κ2) is 8.32. The van der Waals surface area contributed by atoms with Crippen LogP contribution in [0.1, 0.15) is 11.6 Å². The van der Waals surface area contributed by atoms with Crippen LogP contribution in [0.15, 0.2) is 38.6 Å². The van der Waals surface area contributed by atoms with E-state index in [1.54, 1.807) is 30.3 Å². The summed E-state index contributed by atoms with van der Waals surface area (Å²) in [6.07, 6.45) is 3.30. The summed E-state index contributed by atoms with van der Waals surface area (Å²) in [5.41, 5.74) is 1.01. The second-order valence-corrected chi connectivity index (χ2v) is 7.20. The number of anilines is 1. The Morgan fingerprint density at radius 2 is 2.10 bits per heavy atom. The Morgan fingerprint density at radius 1 is 1.28 bits per heavy atom. The summed E-state index contributed by atoms with van der Waals surface area (Å²) in [4.78, 5) is 24.3. The van der Waals surface area contributed by atoms with Crippen molar-refractivity contribution in [1.29, 1.82) is 5.26 Å². The number of carbonyl (C=O) groups excluding carboxylic acids is 1. The standard InChI is InChI=1S/C18H17N7O3S/c1-12-21-14(9-19)17(27-12)25-7-5-24(6-8-25)15(26)11-29-18-23-22-16(28-18)13-3-2-4-20-10-13/h2-4,10H,5-8,11H2,1H3. The number of aromatic nitrogens is 4. The minimum atomic E-state index is -0.00923. The van der Waals surface area contributed by atoms with E-state index < -0.39 is 0 Å². The van der Waals surface area contributed by atoms with Gasteiger partial charge >= 0.3 is 0 Å². The summed E-state index contributed by atoms with van der Waals surface area (Å²) >= 11 is 1.21. The lowest BCUT2D eigenvalue weighted by Gasteiger charge is -2.34. The van der Waals surface area contributed by atoms with Gasteiger partial charge in [0, 0.05) is 45.5 Å². The number of thioether (sulfide) groups is 1. The molecular weight excluding hydrogens is 394 g/mol. The van der Waals surface area contributed by atoms with Gasteiger partial charge in [-0.15, -0.1) is 10.2 Å². The van der Waals surface area contributed by atoms with Gasteiger partial charge in [0.05, 0.1) is 11.3 Å². The molecule has 1 fully saturated rings. The molecule has 0 N–H and O–H groups in total. The summed E-state index contributed by atoms with van der Waals surface area (Å²) in [5.74, 6) is 1.50. The first-order valence-electron chi connectivity index (χ1n) is 8.91. The molecule has 0 spiro atoms. The topological polar surface area (TPSA) is 125 Å². The fraction of sp³-hybridized carbons (Fsp3) is 0.333. The molecule has 0 atom stereocenters. The highest BCUT2D eigenvalue weighted by atomic mass is 32.2. The molecule has 0 unspecified atom stereocenters. The number of pyridine rings is 1. The van der Waals surface area contributed by atoms with Crippen molar-refractivity contribution in [2.24, 2.45) is 0 Å². The fourth-order valence-electron chi connectivity index (χ4n) is 2.95. The van der Waals surface area contributed by atoms with Gasteiger partial charge in [-0.05, 0) is 12.1 Å². The van der Waals surface area contributed by atoms with Gasteiger partial charge in [-0.3, -0.25) is 9.78 Å². The molecule has 1 amide bonds. The number of hydrogen-bond donors (Lipinski definition) is 0. The molecule has 1 aliphatic heterocycles. The Morgan fingerprint density at radius 3 is 2.83 bits per heavy atom. The van der Waals surface area contributed by atoms with Crippen LogP contribution in [-0.4, -0.2) is 62.9 Å². The number of amides is 1. The Hall–Kier alpha value is -3.39. The molecule has 0 aromatic carbocycles. The van der Waals surface area contributed by atoms with Crippen molar-refractivity contribution in [1.82, 2.24) is 25.1 Å². The van der Waals surface area contributed by atoms with Crippen LogP contribution >= 0.6 is 11.8 Å². The maximum Gasteiger partial charge on any atom is 0.277 e. The highest BCUT2D eigenvalue weighted by Gasteiger charge is 2.26. The number of aryl methyl sites for hydroxylation is 1. The molecule has 11 heteroatoms. The molecule has 4 heterocycles. The zero-order valence-corrected chi connectivity index (χ0v) is 16.4. The number of nitrogens with zero attached hydrogens (tertiary/aromatic N) is 7. The molecular formula is C18H17N7O3S. The van der Waals surface area contributed by atoms with Gasteiger partial charge in [-0.2, -0.15) is 5.26 Å². The van der Waals surface area contributed by atoms with Crippen LogP contribution in [0.4, 0.5) is 5.88 Å². The highest BCUT2D eigenvalue weighted by Crippen LogP contribution is 2.24. The van der Waals surface area contributed by atoms with Crippen molar-refractivity contribution in [3.63, 3.8) is 0 Å². The Balaban J connectivity index is 1.29. The van der Waals surface area contributed by atoms with Gasteiger partial charge in [-0.1, -0.05) is 11.8 Å². The van der Waals surface area contributed by atoms with E-state index in [1.807, 2.05) is 17.0 Å². The van der Waals surface area contributed by atoms with Gasteiger partial charge in [-0.25, -0.2) is 4.98 Å². The molecule has 4 rings (SSSR count).